The molecule has 2 N–H and O–H groups in total. The van der Waals surface area contributed by atoms with Gasteiger partial charge in [0.05, 0.1) is 33.4 Å². The molecule has 1 aromatic carbocycles. The van der Waals surface area contributed by atoms with Crippen molar-refractivity contribution in [3.63, 3.8) is 0 Å². The second kappa shape index (κ2) is 9.32. The lowest BCUT2D eigenvalue weighted by atomic mass is 10.1. The summed E-state index contributed by atoms with van der Waals surface area (Å²) in [4.78, 5) is 28.2. The van der Waals surface area contributed by atoms with Crippen molar-refractivity contribution in [3.05, 3.63) is 18.2 Å². The molecule has 2 aliphatic heterocycles. The molecule has 0 unspecified atom stereocenters. The van der Waals surface area contributed by atoms with Crippen molar-refractivity contribution in [1.82, 2.24) is 15.1 Å². The number of carbonyl (C=O) groups excluding carboxylic acids is 2. The quantitative estimate of drug-likeness (QED) is 0.736. The highest BCUT2D eigenvalue weighted by molar-refractivity contribution is 5.89. The molecule has 3 amide bonds. The van der Waals surface area contributed by atoms with Gasteiger partial charge in [-0.3, -0.25) is 9.69 Å². The monoisotopic (exact) mass is 406 g/mol. The Hall–Kier alpha value is -2.52. The van der Waals surface area contributed by atoms with Crippen molar-refractivity contribution in [1.29, 1.82) is 0 Å². The van der Waals surface area contributed by atoms with Crippen molar-refractivity contribution in [3.8, 4) is 11.5 Å². The van der Waals surface area contributed by atoms with Crippen LogP contribution in [0, 0.1) is 0 Å². The van der Waals surface area contributed by atoms with Crippen LogP contribution in [0.4, 0.5) is 10.5 Å². The van der Waals surface area contributed by atoms with Crippen LogP contribution < -0.4 is 20.1 Å². The van der Waals surface area contributed by atoms with E-state index in [1.54, 1.807) is 51.4 Å². The zero-order valence-corrected chi connectivity index (χ0v) is 17.4. The average molecular weight is 406 g/mol. The van der Waals surface area contributed by atoms with Crippen LogP contribution in [0.3, 0.4) is 0 Å². The molecule has 9 nitrogen and oxygen atoms in total. The van der Waals surface area contributed by atoms with E-state index in [2.05, 4.69) is 15.5 Å². The Balaban J connectivity index is 1.50. The van der Waals surface area contributed by atoms with Crippen molar-refractivity contribution >= 4 is 17.6 Å². The molecule has 1 aromatic rings. The Labute approximate surface area is 171 Å². The van der Waals surface area contributed by atoms with Crippen molar-refractivity contribution in [2.45, 2.75) is 31.0 Å². The molecule has 2 saturated heterocycles. The molecule has 0 radical (unpaired) electrons. The molecule has 160 valence electrons. The first-order chi connectivity index (χ1) is 13.9. The Morgan fingerprint density at radius 3 is 2.66 bits per heavy atom. The molecule has 2 fully saturated rings. The van der Waals surface area contributed by atoms with Crippen LogP contribution in [0.15, 0.2) is 18.2 Å². The molecule has 0 spiro atoms. The number of ether oxygens (including phenoxy) is 3. The fourth-order valence-electron chi connectivity index (χ4n) is 3.81. The number of hydrogen-bond donors (Lipinski definition) is 2. The van der Waals surface area contributed by atoms with E-state index in [1.165, 1.54) is 0 Å². The summed E-state index contributed by atoms with van der Waals surface area (Å²) in [5, 5.41) is 5.87. The second-order valence-corrected chi connectivity index (χ2v) is 7.66. The van der Waals surface area contributed by atoms with Gasteiger partial charge in [-0.25, -0.2) is 4.79 Å². The summed E-state index contributed by atoms with van der Waals surface area (Å²) in [6, 6.07) is 5.27. The first-order valence-electron chi connectivity index (χ1n) is 9.75. The number of hydrogen-bond acceptors (Lipinski definition) is 6. The van der Waals surface area contributed by atoms with E-state index in [0.29, 0.717) is 36.8 Å². The maximum absolute atomic E-state index is 12.4. The number of fused-ring (bicyclic) bond motifs is 1. The molecule has 0 bridgehead atoms. The number of nitrogens with zero attached hydrogens (tertiary/aromatic N) is 2. The number of amides is 3. The lowest BCUT2D eigenvalue weighted by molar-refractivity contribution is -0.134. The number of morpholine rings is 1. The Kier molecular flexibility index (Phi) is 6.81. The van der Waals surface area contributed by atoms with E-state index in [-0.39, 0.29) is 30.1 Å². The largest absolute Gasteiger partial charge is 0.493 e. The maximum Gasteiger partial charge on any atom is 0.319 e. The second-order valence-electron chi connectivity index (χ2n) is 7.66. The Morgan fingerprint density at radius 2 is 1.97 bits per heavy atom. The first-order valence-corrected chi connectivity index (χ1v) is 9.75. The maximum atomic E-state index is 12.4. The third-order valence-electron chi connectivity index (χ3n) is 5.37. The minimum absolute atomic E-state index is 0.0343. The molecule has 2 aliphatic rings. The van der Waals surface area contributed by atoms with Gasteiger partial charge in [0.2, 0.25) is 5.91 Å². The van der Waals surface area contributed by atoms with Crippen LogP contribution >= 0.6 is 0 Å². The SMILES string of the molecule is COc1ccc(NC(=O)N[C@@H]2C[C@H]3CO[C@@H](CC(=O)N(C)C)CN3C2)cc1OC. The summed E-state index contributed by atoms with van der Waals surface area (Å²) < 4.78 is 16.3. The van der Waals surface area contributed by atoms with Crippen LogP contribution in [-0.2, 0) is 9.53 Å². The summed E-state index contributed by atoms with van der Waals surface area (Å²) in [5.41, 5.74) is 0.626. The Morgan fingerprint density at radius 1 is 1.21 bits per heavy atom. The number of nitrogens with one attached hydrogen (secondary N) is 2. The van der Waals surface area contributed by atoms with Gasteiger partial charge in [0.1, 0.15) is 0 Å². The molecule has 29 heavy (non-hydrogen) atoms. The molecule has 0 saturated carbocycles. The van der Waals surface area contributed by atoms with Gasteiger partial charge in [-0.15, -0.1) is 0 Å². The van der Waals surface area contributed by atoms with Gasteiger partial charge in [-0.1, -0.05) is 0 Å². The third kappa shape index (κ3) is 5.30. The predicted octanol–water partition coefficient (Wildman–Crippen LogP) is 1.15. The summed E-state index contributed by atoms with van der Waals surface area (Å²) >= 11 is 0. The van der Waals surface area contributed by atoms with E-state index in [0.717, 1.165) is 13.0 Å². The molecule has 3 atom stereocenters. The molecule has 2 heterocycles. The average Bonchev–Trinajstić information content (AvgIpc) is 3.08. The van der Waals surface area contributed by atoms with E-state index in [9.17, 15) is 9.59 Å². The lowest BCUT2D eigenvalue weighted by Gasteiger charge is -2.35. The van der Waals surface area contributed by atoms with Gasteiger partial charge in [0.25, 0.3) is 0 Å². The summed E-state index contributed by atoms with van der Waals surface area (Å²) in [5.74, 6) is 1.23. The molecule has 0 aliphatic carbocycles. The minimum atomic E-state index is -0.262. The van der Waals surface area contributed by atoms with Crippen molar-refractivity contribution in [2.24, 2.45) is 0 Å². The van der Waals surface area contributed by atoms with E-state index in [4.69, 9.17) is 14.2 Å². The molecule has 9 heteroatoms. The number of urea groups is 1. The fraction of sp³-hybridized carbons (Fsp3) is 0.600. The van der Waals surface area contributed by atoms with Gasteiger partial charge in [0, 0.05) is 51.0 Å². The van der Waals surface area contributed by atoms with Gasteiger partial charge in [-0.2, -0.15) is 0 Å². The van der Waals surface area contributed by atoms with Crippen LogP contribution in [0.5, 0.6) is 11.5 Å². The first kappa shape index (κ1) is 21.2. The molecule has 0 aromatic heterocycles. The predicted molar refractivity (Wildman–Crippen MR) is 109 cm³/mol. The molecule has 3 rings (SSSR count). The van der Waals surface area contributed by atoms with Gasteiger partial charge in [-0.05, 0) is 18.6 Å². The van der Waals surface area contributed by atoms with Gasteiger partial charge >= 0.3 is 6.03 Å². The zero-order valence-electron chi connectivity index (χ0n) is 17.4. The third-order valence-corrected chi connectivity index (χ3v) is 5.37. The highest BCUT2D eigenvalue weighted by Gasteiger charge is 2.38. The van der Waals surface area contributed by atoms with Gasteiger partial charge < -0.3 is 29.7 Å². The van der Waals surface area contributed by atoms with E-state index in [1.807, 2.05) is 0 Å². The Bertz CT molecular complexity index is 742. The summed E-state index contributed by atoms with van der Waals surface area (Å²) in [6.07, 6.45) is 1.11. The normalized spacial score (nSPS) is 23.8. The smallest absolute Gasteiger partial charge is 0.319 e. The van der Waals surface area contributed by atoms with E-state index < -0.39 is 0 Å². The number of methoxy groups -OCH3 is 2. The van der Waals surface area contributed by atoms with Gasteiger partial charge in [0.15, 0.2) is 11.5 Å². The summed E-state index contributed by atoms with van der Waals surface area (Å²) in [6.45, 7) is 2.04. The summed E-state index contributed by atoms with van der Waals surface area (Å²) in [7, 11) is 6.62. The zero-order chi connectivity index (χ0) is 21.0. The van der Waals surface area contributed by atoms with Crippen LogP contribution in [0.2, 0.25) is 0 Å². The highest BCUT2D eigenvalue weighted by atomic mass is 16.5. The molecular weight excluding hydrogens is 376 g/mol. The fourth-order valence-corrected chi connectivity index (χ4v) is 3.81. The topological polar surface area (TPSA) is 92.4 Å². The van der Waals surface area contributed by atoms with Crippen molar-refractivity contribution in [2.75, 3.05) is 53.3 Å². The van der Waals surface area contributed by atoms with Crippen LogP contribution in [-0.4, -0.2) is 87.9 Å². The lowest BCUT2D eigenvalue weighted by Crippen LogP contribution is -2.47. The number of anilines is 1. The molecular formula is C20H30N4O5. The van der Waals surface area contributed by atoms with Crippen molar-refractivity contribution < 1.29 is 23.8 Å². The standard InChI is InChI=1S/C20H30N4O5/c1-23(2)19(25)9-16-11-24-10-14(7-15(24)12-29-16)22-20(26)21-13-5-6-17(27-3)18(8-13)28-4/h5-6,8,14-16H,7,9-12H2,1-4H3,(H2,21,22,26)/t14-,15+,16+/m1/s1. The number of carbonyl (C=O) groups is 2. The highest BCUT2D eigenvalue weighted by Crippen LogP contribution is 2.30. The van der Waals surface area contributed by atoms with E-state index >= 15 is 0 Å². The number of benzene rings is 1. The van der Waals surface area contributed by atoms with Crippen LogP contribution in [0.25, 0.3) is 0 Å². The van der Waals surface area contributed by atoms with Crippen LogP contribution in [0.1, 0.15) is 12.8 Å². The minimum Gasteiger partial charge on any atom is -0.493 e. The number of rotatable bonds is 6.